The van der Waals surface area contributed by atoms with E-state index in [-0.39, 0.29) is 5.25 Å². The van der Waals surface area contributed by atoms with Gasteiger partial charge in [-0.1, -0.05) is 126 Å². The summed E-state index contributed by atoms with van der Waals surface area (Å²) in [6.07, 6.45) is -0.543. The zero-order chi connectivity index (χ0) is 22.6. The lowest BCUT2D eigenvalue weighted by Crippen LogP contribution is -2.25. The van der Waals surface area contributed by atoms with Crippen LogP contribution in [0.5, 0.6) is 0 Å². The average molecular weight is 501 g/mol. The molecule has 0 aliphatic heterocycles. The van der Waals surface area contributed by atoms with Gasteiger partial charge in [0.25, 0.3) is 3.79 Å². The minimum atomic E-state index is -1.94. The second kappa shape index (κ2) is 10.2. The molecule has 0 saturated carbocycles. The van der Waals surface area contributed by atoms with Crippen LogP contribution in [0.1, 0.15) is 22.5 Å². The van der Waals surface area contributed by atoms with Crippen molar-refractivity contribution in [2.75, 3.05) is 0 Å². The van der Waals surface area contributed by atoms with E-state index in [1.807, 2.05) is 60.7 Å². The van der Waals surface area contributed by atoms with Gasteiger partial charge in [0.1, 0.15) is 6.10 Å². The van der Waals surface area contributed by atoms with E-state index >= 15 is 0 Å². The van der Waals surface area contributed by atoms with Crippen LogP contribution in [-0.2, 0) is 4.74 Å². The lowest BCUT2D eigenvalue weighted by atomic mass is 10.0. The number of thioether (sulfide) groups is 1. The predicted octanol–water partition coefficient (Wildman–Crippen LogP) is 8.78. The van der Waals surface area contributed by atoms with Gasteiger partial charge in [0, 0.05) is 4.90 Å². The Morgan fingerprint density at radius 2 is 1.28 bits per heavy atom. The van der Waals surface area contributed by atoms with E-state index in [1.54, 1.807) is 11.8 Å². The molecule has 6 heteroatoms. The van der Waals surface area contributed by atoms with Gasteiger partial charge in [-0.3, -0.25) is 5.41 Å². The summed E-state index contributed by atoms with van der Waals surface area (Å²) in [7, 11) is 0. The van der Waals surface area contributed by atoms with Gasteiger partial charge in [0.2, 0.25) is 5.90 Å². The van der Waals surface area contributed by atoms with Crippen LogP contribution < -0.4 is 0 Å². The highest BCUT2D eigenvalue weighted by Crippen LogP contribution is 2.47. The van der Waals surface area contributed by atoms with Crippen molar-refractivity contribution in [3.63, 3.8) is 0 Å². The Bertz CT molecular complexity index is 1200. The second-order valence-electron chi connectivity index (χ2n) is 7.23. The van der Waals surface area contributed by atoms with Gasteiger partial charge >= 0.3 is 0 Å². The van der Waals surface area contributed by atoms with Crippen molar-refractivity contribution in [2.45, 2.75) is 20.0 Å². The highest BCUT2D eigenvalue weighted by atomic mass is 35.6. The number of benzene rings is 4. The van der Waals surface area contributed by atoms with Gasteiger partial charge < -0.3 is 4.74 Å². The van der Waals surface area contributed by atoms with Crippen molar-refractivity contribution < 1.29 is 4.74 Å². The molecule has 0 aromatic heterocycles. The maximum absolute atomic E-state index is 8.24. The van der Waals surface area contributed by atoms with E-state index in [0.29, 0.717) is 0 Å². The zero-order valence-corrected chi connectivity index (χ0v) is 20.0. The van der Waals surface area contributed by atoms with Crippen LogP contribution in [0.2, 0.25) is 0 Å². The van der Waals surface area contributed by atoms with Crippen LogP contribution >= 0.6 is 46.6 Å². The Labute approximate surface area is 207 Å². The fourth-order valence-electron chi connectivity index (χ4n) is 3.48. The van der Waals surface area contributed by atoms with Gasteiger partial charge in [-0.2, -0.15) is 0 Å². The molecule has 4 rings (SSSR count). The first-order valence-electron chi connectivity index (χ1n) is 9.99. The molecule has 162 valence electrons. The third-order valence-corrected chi connectivity index (χ3v) is 6.83. The average Bonchev–Trinajstić information content (AvgIpc) is 2.81. The van der Waals surface area contributed by atoms with Crippen LogP contribution in [0.25, 0.3) is 10.8 Å². The van der Waals surface area contributed by atoms with Crippen LogP contribution in [0.3, 0.4) is 0 Å². The summed E-state index contributed by atoms with van der Waals surface area (Å²) >= 11 is 19.6. The van der Waals surface area contributed by atoms with Crippen molar-refractivity contribution in [3.05, 3.63) is 114 Å². The van der Waals surface area contributed by atoms with E-state index in [9.17, 15) is 0 Å². The molecule has 4 aromatic carbocycles. The number of halogens is 3. The largest absolute Gasteiger partial charge is 0.468 e. The molecule has 4 aromatic rings. The summed E-state index contributed by atoms with van der Waals surface area (Å²) in [5.41, 5.74) is 1.95. The highest BCUT2D eigenvalue weighted by molar-refractivity contribution is 7.99. The van der Waals surface area contributed by atoms with Crippen molar-refractivity contribution in [1.29, 1.82) is 5.41 Å². The van der Waals surface area contributed by atoms with E-state index in [2.05, 4.69) is 42.5 Å². The minimum Gasteiger partial charge on any atom is -0.468 e. The Hall–Kier alpha value is -2.17. The Morgan fingerprint density at radius 1 is 0.719 bits per heavy atom. The molecular formula is C26H20Cl3NOS. The number of hydrogen-bond donors (Lipinski definition) is 1. The minimum absolute atomic E-state index is 0.188. The molecule has 0 unspecified atom stereocenters. The first-order valence-corrected chi connectivity index (χ1v) is 12.0. The maximum atomic E-state index is 8.24. The Kier molecular flexibility index (Phi) is 7.32. The molecule has 0 heterocycles. The molecule has 0 amide bonds. The molecule has 2 nitrogen and oxygen atoms in total. The number of alkyl halides is 3. The molecular weight excluding hydrogens is 481 g/mol. The first kappa shape index (κ1) is 23.0. The summed E-state index contributed by atoms with van der Waals surface area (Å²) in [6, 6.07) is 34.4. The van der Waals surface area contributed by atoms with E-state index in [0.717, 1.165) is 21.4 Å². The lowest BCUT2D eigenvalue weighted by Gasteiger charge is -2.30. The SMILES string of the molecule is N=C(O[C@H](c1ccccc1)[C@H](Sc1ccc2ccccc2c1)c1ccccc1)C(Cl)(Cl)Cl. The first-order chi connectivity index (χ1) is 15.4. The molecule has 0 bridgehead atoms. The quantitative estimate of drug-likeness (QED) is 0.124. The summed E-state index contributed by atoms with van der Waals surface area (Å²) < 4.78 is 4.10. The molecule has 0 aliphatic carbocycles. The monoisotopic (exact) mass is 499 g/mol. The van der Waals surface area contributed by atoms with Crippen molar-refractivity contribution in [1.82, 2.24) is 0 Å². The van der Waals surface area contributed by atoms with E-state index < -0.39 is 15.8 Å². The number of ether oxygens (including phenoxy) is 1. The van der Waals surface area contributed by atoms with E-state index in [4.69, 9.17) is 44.9 Å². The molecule has 0 fully saturated rings. The molecule has 2 atom stereocenters. The van der Waals surface area contributed by atoms with Crippen molar-refractivity contribution >= 4 is 63.2 Å². The van der Waals surface area contributed by atoms with E-state index in [1.165, 1.54) is 5.39 Å². The summed E-state index contributed by atoms with van der Waals surface area (Å²) in [4.78, 5) is 1.09. The standard InChI is InChI=1S/C26H20Cl3NOS/c27-26(28,29)25(30)31-23(19-10-3-1-4-11-19)24(20-12-5-2-6-13-20)32-22-16-15-18-9-7-8-14-21(18)17-22/h1-17,23-24,30H/t23-,24-/m1/s1. The molecule has 0 aliphatic rings. The highest BCUT2D eigenvalue weighted by Gasteiger charge is 2.35. The molecule has 0 radical (unpaired) electrons. The van der Waals surface area contributed by atoms with Gasteiger partial charge in [0.05, 0.1) is 5.25 Å². The molecule has 1 N–H and O–H groups in total. The maximum Gasteiger partial charge on any atom is 0.265 e. The smallest absolute Gasteiger partial charge is 0.265 e. The fourth-order valence-corrected chi connectivity index (χ4v) is 4.87. The third kappa shape index (κ3) is 5.60. The Balaban J connectivity index is 1.77. The molecule has 32 heavy (non-hydrogen) atoms. The number of fused-ring (bicyclic) bond motifs is 1. The third-order valence-electron chi connectivity index (χ3n) is 5.02. The molecule has 0 saturated heterocycles. The van der Waals surface area contributed by atoms with Gasteiger partial charge in [-0.05, 0) is 34.0 Å². The van der Waals surface area contributed by atoms with Crippen LogP contribution in [0.15, 0.2) is 108 Å². The summed E-state index contributed by atoms with van der Waals surface area (Å²) in [6.45, 7) is 0. The zero-order valence-electron chi connectivity index (χ0n) is 16.9. The number of rotatable bonds is 6. The van der Waals surface area contributed by atoms with Crippen LogP contribution in [0, 0.1) is 5.41 Å². The molecule has 0 spiro atoms. The number of nitrogens with one attached hydrogen (secondary N) is 1. The lowest BCUT2D eigenvalue weighted by molar-refractivity contribution is 0.182. The van der Waals surface area contributed by atoms with Crippen LogP contribution in [-0.4, -0.2) is 9.69 Å². The van der Waals surface area contributed by atoms with Gasteiger partial charge in [0.15, 0.2) is 0 Å². The summed E-state index contributed by atoms with van der Waals surface area (Å²) in [5, 5.41) is 10.4. The second-order valence-corrected chi connectivity index (χ2v) is 10.7. The van der Waals surface area contributed by atoms with Crippen LogP contribution in [0.4, 0.5) is 0 Å². The van der Waals surface area contributed by atoms with Crippen molar-refractivity contribution in [3.8, 4) is 0 Å². The van der Waals surface area contributed by atoms with Gasteiger partial charge in [-0.25, -0.2) is 0 Å². The van der Waals surface area contributed by atoms with Crippen molar-refractivity contribution in [2.24, 2.45) is 0 Å². The predicted molar refractivity (Wildman–Crippen MR) is 137 cm³/mol. The number of hydrogen-bond acceptors (Lipinski definition) is 3. The van der Waals surface area contributed by atoms with Gasteiger partial charge in [-0.15, -0.1) is 11.8 Å². The summed E-state index contributed by atoms with van der Waals surface area (Å²) in [5.74, 6) is -0.406. The fraction of sp³-hybridized carbons (Fsp3) is 0.115. The topological polar surface area (TPSA) is 33.1 Å². The normalized spacial score (nSPS) is 13.5. The Morgan fingerprint density at radius 3 is 1.91 bits per heavy atom.